The molecule has 5 aromatic rings. The van der Waals surface area contributed by atoms with E-state index in [0.717, 1.165) is 11.1 Å². The molecule has 0 saturated heterocycles. The Kier molecular flexibility index (Phi) is 7.88. The number of ether oxygens (including phenoxy) is 3. The maximum Gasteiger partial charge on any atom is 0.338 e. The van der Waals surface area contributed by atoms with E-state index in [1.165, 1.54) is 15.9 Å². The van der Waals surface area contributed by atoms with Gasteiger partial charge in [0.25, 0.3) is 5.56 Å². The van der Waals surface area contributed by atoms with Gasteiger partial charge in [0, 0.05) is 11.6 Å². The first-order valence-electron chi connectivity index (χ1n) is 12.4. The largest absolute Gasteiger partial charge is 0.493 e. The fourth-order valence-corrected chi connectivity index (χ4v) is 4.74. The van der Waals surface area contributed by atoms with Gasteiger partial charge in [0.2, 0.25) is 4.96 Å². The van der Waals surface area contributed by atoms with E-state index < -0.39 is 0 Å². The number of hydrogen-bond donors (Lipinski definition) is 0. The highest BCUT2D eigenvalue weighted by Gasteiger charge is 2.12. The minimum atomic E-state index is -0.371. The van der Waals surface area contributed by atoms with Crippen LogP contribution in [0.3, 0.4) is 0 Å². The summed E-state index contributed by atoms with van der Waals surface area (Å²) in [5.41, 5.74) is 1.84. The number of fused-ring (bicyclic) bond motifs is 1. The van der Waals surface area contributed by atoms with Crippen molar-refractivity contribution in [2.75, 3.05) is 20.3 Å². The molecule has 0 fully saturated rings. The lowest BCUT2D eigenvalue weighted by Crippen LogP contribution is -2.23. The number of carbonyl (C=O) groups excluding carboxylic acids is 1. The summed E-state index contributed by atoms with van der Waals surface area (Å²) in [5, 5.41) is 4.34. The summed E-state index contributed by atoms with van der Waals surface area (Å²) < 4.78 is 23.6. The number of nitrogens with zero attached hydrogens (tertiary/aromatic N) is 3. The van der Waals surface area contributed by atoms with Gasteiger partial charge in [-0.05, 0) is 55.0 Å². The van der Waals surface area contributed by atoms with Crippen LogP contribution >= 0.6 is 11.3 Å². The molecule has 0 unspecified atom stereocenters. The molecule has 9 nitrogen and oxygen atoms in total. The lowest BCUT2D eigenvalue weighted by molar-refractivity contribution is 0.0526. The third kappa shape index (κ3) is 5.71. The van der Waals surface area contributed by atoms with Crippen LogP contribution < -0.4 is 19.6 Å². The average Bonchev–Trinajstić information content (AvgIpc) is 3.68. The second-order valence-electron chi connectivity index (χ2n) is 8.42. The summed E-state index contributed by atoms with van der Waals surface area (Å²) in [4.78, 5) is 29.8. The molecular weight excluding hydrogens is 530 g/mol. The van der Waals surface area contributed by atoms with Gasteiger partial charge in [0.15, 0.2) is 17.3 Å². The zero-order chi connectivity index (χ0) is 28.1. The number of aromatic nitrogens is 3. The first-order valence-corrected chi connectivity index (χ1v) is 13.2. The molecule has 3 heterocycles. The average molecular weight is 556 g/mol. The van der Waals surface area contributed by atoms with Crippen LogP contribution in [-0.2, 0) is 4.74 Å². The number of methoxy groups -OCH3 is 1. The molecule has 202 valence electrons. The zero-order valence-electron chi connectivity index (χ0n) is 21.8. The molecule has 0 spiro atoms. The molecule has 0 aliphatic rings. The Balaban J connectivity index is 1.33. The molecule has 0 N–H and O–H groups in total. The number of furan rings is 1. The first kappa shape index (κ1) is 26.6. The standard InChI is InChI=1S/C30H25N3O6S/c1-4-16-38-24-13-6-19(17-25(24)36-3)7-15-27-31-30-33(32-27)28(34)26(40-30)18-22-12-14-23(39-22)20-8-10-21(11-9-20)29(35)37-5-2/h4,6-15,17-18H,1,5,16H2,2-3H3/b15-7+,26-18-. The van der Waals surface area contributed by atoms with Crippen molar-refractivity contribution in [3.8, 4) is 22.8 Å². The SMILES string of the molecule is C=CCOc1ccc(/C=C/c2nc3s/c(=C\c4ccc(-c5ccc(C(=O)OCC)cc5)o4)c(=O)n3n2)cc1OC. The lowest BCUT2D eigenvalue weighted by atomic mass is 10.1. The van der Waals surface area contributed by atoms with E-state index in [0.29, 0.717) is 57.1 Å². The van der Waals surface area contributed by atoms with E-state index in [1.54, 1.807) is 62.6 Å². The van der Waals surface area contributed by atoms with E-state index >= 15 is 0 Å². The number of carbonyl (C=O) groups is 1. The maximum absolute atomic E-state index is 13.0. The molecule has 0 saturated carbocycles. The third-order valence-electron chi connectivity index (χ3n) is 5.75. The fraction of sp³-hybridized carbons (Fsp3) is 0.133. The summed E-state index contributed by atoms with van der Waals surface area (Å²) in [6.07, 6.45) is 6.89. The highest BCUT2D eigenvalue weighted by atomic mass is 32.1. The molecule has 2 aromatic carbocycles. The second-order valence-corrected chi connectivity index (χ2v) is 9.43. The second kappa shape index (κ2) is 11.8. The predicted molar refractivity (Wildman–Crippen MR) is 154 cm³/mol. The van der Waals surface area contributed by atoms with Crippen molar-refractivity contribution >= 4 is 40.5 Å². The Bertz CT molecular complexity index is 1810. The summed E-state index contributed by atoms with van der Waals surface area (Å²) in [6, 6.07) is 16.1. The quantitative estimate of drug-likeness (QED) is 0.177. The molecule has 0 amide bonds. The van der Waals surface area contributed by atoms with Gasteiger partial charge in [0.05, 0.1) is 19.3 Å². The van der Waals surface area contributed by atoms with Gasteiger partial charge in [-0.15, -0.1) is 5.10 Å². The minimum Gasteiger partial charge on any atom is -0.493 e. The summed E-state index contributed by atoms with van der Waals surface area (Å²) in [6.45, 7) is 6.11. The number of thiazole rings is 1. The van der Waals surface area contributed by atoms with E-state index in [-0.39, 0.29) is 11.5 Å². The number of rotatable bonds is 10. The van der Waals surface area contributed by atoms with E-state index in [9.17, 15) is 9.59 Å². The summed E-state index contributed by atoms with van der Waals surface area (Å²) in [5.74, 6) is 2.38. The van der Waals surface area contributed by atoms with Crippen LogP contribution in [0.1, 0.15) is 34.4 Å². The summed E-state index contributed by atoms with van der Waals surface area (Å²) in [7, 11) is 1.58. The maximum atomic E-state index is 13.0. The van der Waals surface area contributed by atoms with Crippen LogP contribution in [0.4, 0.5) is 0 Å². The van der Waals surface area contributed by atoms with Crippen LogP contribution in [0.25, 0.3) is 34.5 Å². The topological polar surface area (TPSA) is 105 Å². The van der Waals surface area contributed by atoms with E-state index in [4.69, 9.17) is 18.6 Å². The molecule has 3 aromatic heterocycles. The molecule has 40 heavy (non-hydrogen) atoms. The molecule has 5 rings (SSSR count). The van der Waals surface area contributed by atoms with Crippen molar-refractivity contribution in [1.82, 2.24) is 14.6 Å². The van der Waals surface area contributed by atoms with Gasteiger partial charge >= 0.3 is 5.97 Å². The van der Waals surface area contributed by atoms with Gasteiger partial charge in [-0.3, -0.25) is 4.79 Å². The Labute approximate surface area is 233 Å². The molecule has 0 aliphatic carbocycles. The van der Waals surface area contributed by atoms with Crippen LogP contribution in [0.15, 0.2) is 76.5 Å². The zero-order valence-corrected chi connectivity index (χ0v) is 22.6. The highest BCUT2D eigenvalue weighted by Crippen LogP contribution is 2.29. The van der Waals surface area contributed by atoms with Gasteiger partial charge in [-0.1, -0.05) is 48.3 Å². The van der Waals surface area contributed by atoms with Crippen molar-refractivity contribution in [3.05, 3.63) is 105 Å². The van der Waals surface area contributed by atoms with E-state index in [2.05, 4.69) is 16.7 Å². The molecular formula is C30H25N3O6S. The molecule has 0 radical (unpaired) electrons. The van der Waals surface area contributed by atoms with Crippen LogP contribution in [0.5, 0.6) is 11.5 Å². The van der Waals surface area contributed by atoms with Gasteiger partial charge in [0.1, 0.15) is 22.7 Å². The molecule has 0 aliphatic heterocycles. The lowest BCUT2D eigenvalue weighted by Gasteiger charge is -2.09. The Morgan fingerprint density at radius 2 is 1.93 bits per heavy atom. The van der Waals surface area contributed by atoms with Crippen LogP contribution in [0, 0.1) is 0 Å². The molecule has 0 bridgehead atoms. The van der Waals surface area contributed by atoms with Crippen LogP contribution in [-0.4, -0.2) is 40.9 Å². The molecule has 0 atom stereocenters. The van der Waals surface area contributed by atoms with Gasteiger partial charge in [-0.25, -0.2) is 4.79 Å². The smallest absolute Gasteiger partial charge is 0.338 e. The van der Waals surface area contributed by atoms with Crippen molar-refractivity contribution in [3.63, 3.8) is 0 Å². The number of benzene rings is 2. The number of esters is 1. The third-order valence-corrected chi connectivity index (χ3v) is 6.71. The minimum absolute atomic E-state index is 0.283. The van der Waals surface area contributed by atoms with Crippen LogP contribution in [0.2, 0.25) is 0 Å². The molecule has 10 heteroatoms. The Morgan fingerprint density at radius 1 is 1.10 bits per heavy atom. The number of hydrogen-bond acceptors (Lipinski definition) is 9. The summed E-state index contributed by atoms with van der Waals surface area (Å²) >= 11 is 1.22. The van der Waals surface area contributed by atoms with Crippen molar-refractivity contribution < 1.29 is 23.4 Å². The predicted octanol–water partition coefficient (Wildman–Crippen LogP) is 4.88. The van der Waals surface area contributed by atoms with Gasteiger partial charge in [-0.2, -0.15) is 9.50 Å². The fourth-order valence-electron chi connectivity index (χ4n) is 3.85. The van der Waals surface area contributed by atoms with Crippen molar-refractivity contribution in [2.45, 2.75) is 6.92 Å². The highest BCUT2D eigenvalue weighted by molar-refractivity contribution is 7.15. The van der Waals surface area contributed by atoms with Crippen molar-refractivity contribution in [2.24, 2.45) is 0 Å². The van der Waals surface area contributed by atoms with E-state index in [1.807, 2.05) is 30.3 Å². The Hall–Kier alpha value is -4.96. The monoisotopic (exact) mass is 555 g/mol. The van der Waals surface area contributed by atoms with Gasteiger partial charge < -0.3 is 18.6 Å². The van der Waals surface area contributed by atoms with Crippen molar-refractivity contribution in [1.29, 1.82) is 0 Å². The Morgan fingerprint density at radius 3 is 2.65 bits per heavy atom. The first-order chi connectivity index (χ1) is 19.5. The normalized spacial score (nSPS) is 11.8.